The monoisotopic (exact) mass is 294 g/mol. The molecule has 1 unspecified atom stereocenters. The normalized spacial score (nSPS) is 16.1. The number of ether oxygens (including phenoxy) is 3. The third-order valence-electron chi connectivity index (χ3n) is 2.80. The second-order valence-corrected chi connectivity index (χ2v) is 5.05. The maximum Gasteiger partial charge on any atom is 0.414 e. The molecule has 0 saturated carbocycles. The van der Waals surface area contributed by atoms with Crippen molar-refractivity contribution in [2.75, 3.05) is 34.8 Å². The fourth-order valence-corrected chi connectivity index (χ4v) is 1.50. The molecule has 1 aromatic rings. The van der Waals surface area contributed by atoms with Crippen molar-refractivity contribution < 1.29 is 23.8 Å². The van der Waals surface area contributed by atoms with Gasteiger partial charge in [0.2, 0.25) is 0 Å². The maximum absolute atomic E-state index is 11.7. The zero-order chi connectivity index (χ0) is 15.6. The molecule has 7 nitrogen and oxygen atoms in total. The Kier molecular flexibility index (Phi) is 4.32. The number of epoxide rings is 1. The van der Waals surface area contributed by atoms with Gasteiger partial charge in [0.15, 0.2) is 11.5 Å². The molecule has 0 spiro atoms. The van der Waals surface area contributed by atoms with E-state index in [1.807, 2.05) is 0 Å². The zero-order valence-electron chi connectivity index (χ0n) is 12.5. The Hall–Kier alpha value is -2.28. The van der Waals surface area contributed by atoms with Gasteiger partial charge in [-0.05, 0) is 17.7 Å². The highest BCUT2D eigenvalue weighted by molar-refractivity contribution is 5.74. The van der Waals surface area contributed by atoms with Crippen molar-refractivity contribution in [3.05, 3.63) is 23.8 Å². The van der Waals surface area contributed by atoms with Crippen molar-refractivity contribution >= 4 is 12.2 Å². The van der Waals surface area contributed by atoms with Gasteiger partial charge in [-0.1, -0.05) is 6.07 Å². The van der Waals surface area contributed by atoms with Crippen LogP contribution in [0.1, 0.15) is 11.7 Å². The molecule has 21 heavy (non-hydrogen) atoms. The van der Waals surface area contributed by atoms with Crippen molar-refractivity contribution in [3.63, 3.8) is 0 Å². The van der Waals surface area contributed by atoms with E-state index in [-0.39, 0.29) is 17.6 Å². The van der Waals surface area contributed by atoms with Crippen LogP contribution in [0.5, 0.6) is 11.5 Å². The van der Waals surface area contributed by atoms with Crippen LogP contribution in [0.15, 0.2) is 18.2 Å². The third-order valence-corrected chi connectivity index (χ3v) is 2.80. The van der Waals surface area contributed by atoms with Crippen molar-refractivity contribution in [1.29, 1.82) is 0 Å². The summed E-state index contributed by atoms with van der Waals surface area (Å²) in [6, 6.07) is 5.02. The Morgan fingerprint density at radius 1 is 1.05 bits per heavy atom. The molecule has 0 bridgehead atoms. The average molecular weight is 294 g/mol. The molecule has 7 heteroatoms. The van der Waals surface area contributed by atoms with Gasteiger partial charge in [-0.3, -0.25) is 0 Å². The Bertz CT molecular complexity index is 552. The van der Waals surface area contributed by atoms with Gasteiger partial charge in [-0.25, -0.2) is 9.59 Å². The Morgan fingerprint density at radius 3 is 2.05 bits per heavy atom. The summed E-state index contributed by atoms with van der Waals surface area (Å²) in [7, 11) is 6.28. The molecule has 1 fully saturated rings. The molecular weight excluding hydrogens is 276 g/mol. The third kappa shape index (κ3) is 3.85. The second-order valence-electron chi connectivity index (χ2n) is 5.05. The van der Waals surface area contributed by atoms with Gasteiger partial charge in [0, 0.05) is 28.2 Å². The van der Waals surface area contributed by atoms with Crippen LogP contribution in [0.4, 0.5) is 9.59 Å². The minimum absolute atomic E-state index is 0.0143. The summed E-state index contributed by atoms with van der Waals surface area (Å²) in [5.41, 5.74) is 0.876. The van der Waals surface area contributed by atoms with Crippen molar-refractivity contribution in [1.82, 2.24) is 9.80 Å². The highest BCUT2D eigenvalue weighted by atomic mass is 16.6. The number of hydrogen-bond acceptors (Lipinski definition) is 5. The number of hydrogen-bond donors (Lipinski definition) is 0. The van der Waals surface area contributed by atoms with Gasteiger partial charge in [0.25, 0.3) is 0 Å². The molecule has 2 rings (SSSR count). The SMILES string of the molecule is CN(C)C(=O)Oc1ccc(C2CO2)cc1OC(=O)N(C)C. The molecule has 0 aliphatic carbocycles. The molecule has 0 radical (unpaired) electrons. The van der Waals surface area contributed by atoms with Crippen LogP contribution in [-0.2, 0) is 4.74 Å². The summed E-state index contributed by atoms with van der Waals surface area (Å²) in [4.78, 5) is 25.9. The van der Waals surface area contributed by atoms with Crippen LogP contribution in [-0.4, -0.2) is 56.8 Å². The van der Waals surface area contributed by atoms with Crippen LogP contribution in [0, 0.1) is 0 Å². The summed E-state index contributed by atoms with van der Waals surface area (Å²) >= 11 is 0. The minimum atomic E-state index is -0.550. The molecule has 114 valence electrons. The van der Waals surface area contributed by atoms with E-state index in [4.69, 9.17) is 14.2 Å². The van der Waals surface area contributed by atoms with Gasteiger partial charge in [-0.2, -0.15) is 0 Å². The molecule has 2 amide bonds. The van der Waals surface area contributed by atoms with E-state index in [2.05, 4.69) is 0 Å². The predicted molar refractivity (Wildman–Crippen MR) is 74.6 cm³/mol. The van der Waals surface area contributed by atoms with Crippen LogP contribution in [0.2, 0.25) is 0 Å². The highest BCUT2D eigenvalue weighted by Gasteiger charge is 2.27. The van der Waals surface area contributed by atoms with Gasteiger partial charge in [0.1, 0.15) is 6.10 Å². The number of carbonyl (C=O) groups excluding carboxylic acids is 2. The molecule has 1 heterocycles. The van der Waals surface area contributed by atoms with E-state index in [1.165, 1.54) is 9.80 Å². The van der Waals surface area contributed by atoms with Crippen molar-refractivity contribution in [2.24, 2.45) is 0 Å². The van der Waals surface area contributed by atoms with Crippen LogP contribution < -0.4 is 9.47 Å². The zero-order valence-corrected chi connectivity index (χ0v) is 12.5. The Morgan fingerprint density at radius 2 is 1.57 bits per heavy atom. The predicted octanol–water partition coefficient (Wildman–Crippen LogP) is 1.88. The second kappa shape index (κ2) is 6.01. The summed E-state index contributed by atoms with van der Waals surface area (Å²) < 4.78 is 15.6. The molecule has 1 atom stereocenters. The first kappa shape index (κ1) is 15.1. The fraction of sp³-hybridized carbons (Fsp3) is 0.429. The van der Waals surface area contributed by atoms with Crippen molar-refractivity contribution in [2.45, 2.75) is 6.10 Å². The van der Waals surface area contributed by atoms with E-state index in [0.29, 0.717) is 6.61 Å². The van der Waals surface area contributed by atoms with E-state index < -0.39 is 12.2 Å². The van der Waals surface area contributed by atoms with Crippen LogP contribution in [0.25, 0.3) is 0 Å². The van der Waals surface area contributed by atoms with E-state index in [0.717, 1.165) is 5.56 Å². The van der Waals surface area contributed by atoms with E-state index >= 15 is 0 Å². The number of nitrogens with zero attached hydrogens (tertiary/aromatic N) is 2. The number of rotatable bonds is 3. The Balaban J connectivity index is 2.25. The van der Waals surface area contributed by atoms with Gasteiger partial charge >= 0.3 is 12.2 Å². The first-order valence-corrected chi connectivity index (χ1v) is 6.42. The molecule has 0 N–H and O–H groups in total. The largest absolute Gasteiger partial charge is 0.414 e. The van der Waals surface area contributed by atoms with Crippen LogP contribution >= 0.6 is 0 Å². The Labute approximate surface area is 123 Å². The van der Waals surface area contributed by atoms with Crippen molar-refractivity contribution in [3.8, 4) is 11.5 Å². The minimum Gasteiger partial charge on any atom is -0.406 e. The molecule has 1 aromatic carbocycles. The first-order valence-electron chi connectivity index (χ1n) is 6.42. The summed E-state index contributed by atoms with van der Waals surface area (Å²) in [6.45, 7) is 0.637. The standard InChI is InChI=1S/C14H18N2O5/c1-15(2)13(17)20-10-6-5-9(12-8-19-12)7-11(10)21-14(18)16(3)4/h5-7,12H,8H2,1-4H3. The number of carbonyl (C=O) groups is 2. The number of amides is 2. The maximum atomic E-state index is 11.7. The smallest absolute Gasteiger partial charge is 0.406 e. The molecule has 1 saturated heterocycles. The average Bonchev–Trinajstić information content (AvgIpc) is 3.24. The molecule has 1 aliphatic rings. The van der Waals surface area contributed by atoms with Gasteiger partial charge < -0.3 is 24.0 Å². The summed E-state index contributed by atoms with van der Waals surface area (Å²) in [6.07, 6.45) is -1.08. The fourth-order valence-electron chi connectivity index (χ4n) is 1.50. The molecule has 0 aromatic heterocycles. The number of benzene rings is 1. The highest BCUT2D eigenvalue weighted by Crippen LogP contribution is 2.36. The van der Waals surface area contributed by atoms with E-state index in [1.54, 1.807) is 46.4 Å². The van der Waals surface area contributed by atoms with E-state index in [9.17, 15) is 9.59 Å². The molecular formula is C14H18N2O5. The first-order chi connectivity index (χ1) is 9.88. The topological polar surface area (TPSA) is 71.6 Å². The quantitative estimate of drug-likeness (QED) is 0.796. The lowest BCUT2D eigenvalue weighted by molar-refractivity contribution is 0.161. The molecule has 1 aliphatic heterocycles. The summed E-state index contributed by atoms with van der Waals surface area (Å²) in [5, 5.41) is 0. The lowest BCUT2D eigenvalue weighted by Gasteiger charge is -2.16. The lowest BCUT2D eigenvalue weighted by Crippen LogP contribution is -2.27. The summed E-state index contributed by atoms with van der Waals surface area (Å²) in [5.74, 6) is 0.380. The van der Waals surface area contributed by atoms with Gasteiger partial charge in [0.05, 0.1) is 6.61 Å². The van der Waals surface area contributed by atoms with Crippen LogP contribution in [0.3, 0.4) is 0 Å². The van der Waals surface area contributed by atoms with Gasteiger partial charge in [-0.15, -0.1) is 0 Å². The lowest BCUT2D eigenvalue weighted by atomic mass is 10.1.